The van der Waals surface area contributed by atoms with Gasteiger partial charge in [0.2, 0.25) is 11.6 Å². The van der Waals surface area contributed by atoms with Crippen LogP contribution in [0.25, 0.3) is 0 Å². The second-order valence-electron chi connectivity index (χ2n) is 5.00. The van der Waals surface area contributed by atoms with Gasteiger partial charge in [0, 0.05) is 8.07 Å². The van der Waals surface area contributed by atoms with Gasteiger partial charge < -0.3 is 0 Å². The molecule has 0 aliphatic rings. The van der Waals surface area contributed by atoms with Crippen molar-refractivity contribution in [2.24, 2.45) is 0 Å². The van der Waals surface area contributed by atoms with Gasteiger partial charge in [-0.2, -0.15) is 0 Å². The van der Waals surface area contributed by atoms with E-state index in [1.165, 1.54) is 0 Å². The molecule has 1 nitrogen and oxygen atoms in total. The minimum atomic E-state index is -3.34. The predicted octanol–water partition coefficient (Wildman–Crippen LogP) is 3.99. The van der Waals surface area contributed by atoms with Crippen molar-refractivity contribution in [1.82, 2.24) is 4.67 Å². The van der Waals surface area contributed by atoms with Crippen molar-refractivity contribution in [2.45, 2.75) is 0 Å². The Bertz CT molecular complexity index is 771. The Morgan fingerprint density at radius 2 is 0.615 bits per heavy atom. The molecule has 0 unspecified atom stereocenters. The Balaban J connectivity index is 2.96. The minimum absolute atomic E-state index is 0.589. The number of rotatable bonds is 3. The first kappa shape index (κ1) is 20.4. The topological polar surface area (TPSA) is 3.24 Å². The largest absolute Gasteiger partial charge is 0.281 e. The molecule has 0 spiro atoms. The van der Waals surface area contributed by atoms with Crippen molar-refractivity contribution in [1.29, 1.82) is 0 Å². The maximum absolute atomic E-state index is 14.0. The molecule has 0 heterocycles. The quantitative estimate of drug-likeness (QED) is 0.321. The van der Waals surface area contributed by atoms with Crippen LogP contribution in [0.15, 0.2) is 0 Å². The molecule has 0 radical (unpaired) electrons. The molecule has 2 rings (SSSR count). The van der Waals surface area contributed by atoms with Gasteiger partial charge in [-0.3, -0.25) is 4.67 Å². The van der Waals surface area contributed by atoms with E-state index in [0.717, 1.165) is 14.1 Å². The summed E-state index contributed by atoms with van der Waals surface area (Å²) < 4.78 is 137. The van der Waals surface area contributed by atoms with Gasteiger partial charge in [0.25, 0.3) is 0 Å². The summed E-state index contributed by atoms with van der Waals surface area (Å²) in [6.07, 6.45) is 0. The van der Waals surface area contributed by atoms with E-state index < -0.39 is 76.9 Å². The third kappa shape index (κ3) is 2.92. The van der Waals surface area contributed by atoms with E-state index in [0.29, 0.717) is 4.67 Å². The van der Waals surface area contributed by atoms with Crippen molar-refractivity contribution in [3.05, 3.63) is 58.2 Å². The van der Waals surface area contributed by atoms with E-state index in [9.17, 15) is 43.9 Å². The molecule has 0 aromatic heterocycles. The second-order valence-corrected chi connectivity index (χ2v) is 7.31. The number of hydrogen-bond acceptors (Lipinski definition) is 1. The van der Waals surface area contributed by atoms with E-state index in [1.807, 2.05) is 0 Å². The molecule has 0 amide bonds. The first-order valence-corrected chi connectivity index (χ1v) is 7.73. The highest BCUT2D eigenvalue weighted by atomic mass is 31.1. The first-order valence-electron chi connectivity index (χ1n) is 6.43. The summed E-state index contributed by atoms with van der Waals surface area (Å²) in [6.45, 7) is 0. The molecule has 2 aromatic rings. The molecule has 0 N–H and O–H groups in total. The van der Waals surface area contributed by atoms with Crippen molar-refractivity contribution in [3.63, 3.8) is 0 Å². The van der Waals surface area contributed by atoms with E-state index in [2.05, 4.69) is 0 Å². The Labute approximate surface area is 140 Å². The van der Waals surface area contributed by atoms with Crippen LogP contribution in [-0.4, -0.2) is 18.8 Å². The maximum Gasteiger partial charge on any atom is 0.200 e. The predicted molar refractivity (Wildman–Crippen MR) is 72.3 cm³/mol. The maximum atomic E-state index is 14.0. The molecule has 0 saturated heterocycles. The average Bonchev–Trinajstić information content (AvgIpc) is 2.60. The number of benzene rings is 2. The van der Waals surface area contributed by atoms with Crippen molar-refractivity contribution >= 4 is 18.7 Å². The Hall–Kier alpha value is -1.87. The summed E-state index contributed by atoms with van der Waals surface area (Å²) in [5.41, 5.74) is 0. The molecule has 2 aromatic carbocycles. The number of nitrogens with zero attached hydrogens (tertiary/aromatic N) is 1. The van der Waals surface area contributed by atoms with E-state index in [1.54, 1.807) is 0 Å². The lowest BCUT2D eigenvalue weighted by Crippen LogP contribution is -2.34. The SMILES string of the molecule is CN(C)P(c1c(F)c(F)c(F)c(F)c1F)c1c(F)c(F)c(F)c(F)c1F. The smallest absolute Gasteiger partial charge is 0.200 e. The molecule has 26 heavy (non-hydrogen) atoms. The summed E-state index contributed by atoms with van der Waals surface area (Å²) in [5.74, 6) is -24.5. The summed E-state index contributed by atoms with van der Waals surface area (Å²) in [6, 6.07) is 0. The van der Waals surface area contributed by atoms with Gasteiger partial charge >= 0.3 is 0 Å². The second kappa shape index (κ2) is 7.03. The molecule has 0 atom stereocenters. The lowest BCUT2D eigenvalue weighted by Gasteiger charge is -2.27. The van der Waals surface area contributed by atoms with Gasteiger partial charge in [-0.05, 0) is 14.1 Å². The van der Waals surface area contributed by atoms with Crippen LogP contribution in [0.1, 0.15) is 0 Å². The van der Waals surface area contributed by atoms with Crippen molar-refractivity contribution in [3.8, 4) is 0 Å². The lowest BCUT2D eigenvalue weighted by molar-refractivity contribution is 0.382. The summed E-state index contributed by atoms with van der Waals surface area (Å²) in [4.78, 5) is 0. The zero-order chi connectivity index (χ0) is 20.1. The van der Waals surface area contributed by atoms with E-state index >= 15 is 0 Å². The average molecular weight is 409 g/mol. The van der Waals surface area contributed by atoms with Crippen LogP contribution < -0.4 is 10.6 Å². The van der Waals surface area contributed by atoms with Crippen molar-refractivity contribution in [2.75, 3.05) is 14.1 Å². The highest BCUT2D eigenvalue weighted by Crippen LogP contribution is 2.41. The van der Waals surface area contributed by atoms with Crippen LogP contribution in [0.3, 0.4) is 0 Å². The standard InChI is InChI=1S/C14H6F10NP/c1-25(2)26(13-9(21)5(17)3(15)6(18)10(13)22)14-11(23)7(19)4(16)8(20)12(14)24/h1-2H3. The minimum Gasteiger partial charge on any atom is -0.281 e. The molecule has 142 valence electrons. The number of hydrogen-bond donors (Lipinski definition) is 0. The zero-order valence-electron chi connectivity index (χ0n) is 12.7. The molecule has 12 heteroatoms. The number of halogens is 10. The summed E-state index contributed by atoms with van der Waals surface area (Å²) >= 11 is 0. The van der Waals surface area contributed by atoms with E-state index in [4.69, 9.17) is 0 Å². The van der Waals surface area contributed by atoms with Crippen LogP contribution in [-0.2, 0) is 0 Å². The van der Waals surface area contributed by atoms with Gasteiger partial charge in [0.05, 0.1) is 10.6 Å². The highest BCUT2D eigenvalue weighted by molar-refractivity contribution is 7.70. The van der Waals surface area contributed by atoms with Gasteiger partial charge in [-0.1, -0.05) is 0 Å². The summed E-state index contributed by atoms with van der Waals surface area (Å²) in [5, 5.41) is -3.41. The molecule has 0 aliphatic heterocycles. The third-order valence-corrected chi connectivity index (χ3v) is 5.63. The van der Waals surface area contributed by atoms with Gasteiger partial charge in [-0.15, -0.1) is 0 Å². The molecule has 0 aliphatic carbocycles. The highest BCUT2D eigenvalue weighted by Gasteiger charge is 2.38. The van der Waals surface area contributed by atoms with Gasteiger partial charge in [0.1, 0.15) is 0 Å². The monoisotopic (exact) mass is 409 g/mol. The fourth-order valence-corrected chi connectivity index (χ4v) is 4.23. The van der Waals surface area contributed by atoms with Crippen LogP contribution in [0, 0.1) is 58.2 Å². The van der Waals surface area contributed by atoms with Crippen LogP contribution >= 0.6 is 8.07 Å². The third-order valence-electron chi connectivity index (χ3n) is 3.20. The Morgan fingerprint density at radius 3 is 0.808 bits per heavy atom. The zero-order valence-corrected chi connectivity index (χ0v) is 13.6. The first-order chi connectivity index (χ1) is 11.9. The molecule has 0 bridgehead atoms. The normalized spacial score (nSPS) is 11.8. The molecule has 0 fully saturated rings. The summed E-state index contributed by atoms with van der Waals surface area (Å²) in [7, 11) is -1.53. The fourth-order valence-electron chi connectivity index (χ4n) is 2.07. The fraction of sp³-hybridized carbons (Fsp3) is 0.143. The van der Waals surface area contributed by atoms with Crippen LogP contribution in [0.5, 0.6) is 0 Å². The lowest BCUT2D eigenvalue weighted by atomic mass is 10.3. The molecular formula is C14H6F10NP. The molecular weight excluding hydrogens is 403 g/mol. The van der Waals surface area contributed by atoms with E-state index in [-0.39, 0.29) is 0 Å². The Kier molecular flexibility index (Phi) is 5.53. The van der Waals surface area contributed by atoms with Crippen LogP contribution in [0.4, 0.5) is 43.9 Å². The van der Waals surface area contributed by atoms with Crippen LogP contribution in [0.2, 0.25) is 0 Å². The Morgan fingerprint density at radius 1 is 0.423 bits per heavy atom. The van der Waals surface area contributed by atoms with Gasteiger partial charge in [0.15, 0.2) is 46.5 Å². The molecule has 0 saturated carbocycles. The van der Waals surface area contributed by atoms with Gasteiger partial charge in [-0.25, -0.2) is 43.9 Å². The van der Waals surface area contributed by atoms with Crippen molar-refractivity contribution < 1.29 is 43.9 Å².